The van der Waals surface area contributed by atoms with E-state index >= 15 is 0 Å². The zero-order valence-corrected chi connectivity index (χ0v) is 13.9. The summed E-state index contributed by atoms with van der Waals surface area (Å²) >= 11 is 0. The van der Waals surface area contributed by atoms with E-state index in [0.29, 0.717) is 11.5 Å². The van der Waals surface area contributed by atoms with Gasteiger partial charge in [-0.2, -0.15) is 0 Å². The molecule has 0 aliphatic heterocycles. The summed E-state index contributed by atoms with van der Waals surface area (Å²) in [6, 6.07) is 7.10. The molecule has 2 amide bonds. The molecule has 2 rings (SSSR count). The average Bonchev–Trinajstić information content (AvgIpc) is 2.60. The molecular formula is C19H24N2O2. The molecule has 0 radical (unpaired) electrons. The number of nitrogens with zero attached hydrogens (tertiary/aromatic N) is 2. The Morgan fingerprint density at radius 1 is 1.22 bits per heavy atom. The molecule has 1 aliphatic carbocycles. The number of allylic oxidation sites excluding steroid dienone is 2. The molecule has 0 saturated carbocycles. The second-order valence-electron chi connectivity index (χ2n) is 5.98. The van der Waals surface area contributed by atoms with E-state index in [1.54, 1.807) is 36.2 Å². The molecule has 0 N–H and O–H groups in total. The fourth-order valence-electron chi connectivity index (χ4n) is 2.80. The minimum absolute atomic E-state index is 0.0174. The van der Waals surface area contributed by atoms with Crippen LogP contribution in [0.1, 0.15) is 29.6 Å². The number of rotatable bonds is 5. The normalized spacial score (nSPS) is 16.7. The third-order valence-corrected chi connectivity index (χ3v) is 4.26. The maximum atomic E-state index is 12.5. The van der Waals surface area contributed by atoms with E-state index in [9.17, 15) is 9.59 Å². The van der Waals surface area contributed by atoms with Crippen LogP contribution < -0.4 is 4.90 Å². The smallest absolute Gasteiger partial charge is 0.253 e. The van der Waals surface area contributed by atoms with Crippen molar-refractivity contribution in [2.24, 2.45) is 5.92 Å². The van der Waals surface area contributed by atoms with Gasteiger partial charge in [0.05, 0.1) is 0 Å². The SMILES string of the molecule is C=CC(=O)N(C)c1ccc(C(=O)N(C)CC2CC=CCC2)cc1. The topological polar surface area (TPSA) is 40.6 Å². The summed E-state index contributed by atoms with van der Waals surface area (Å²) in [6.45, 7) is 4.25. The Labute approximate surface area is 138 Å². The van der Waals surface area contributed by atoms with Gasteiger partial charge in [0.1, 0.15) is 0 Å². The highest BCUT2D eigenvalue weighted by atomic mass is 16.2. The Morgan fingerprint density at radius 2 is 1.91 bits per heavy atom. The number of carbonyl (C=O) groups is 2. The second kappa shape index (κ2) is 7.77. The number of benzene rings is 1. The van der Waals surface area contributed by atoms with E-state index in [1.165, 1.54) is 11.0 Å². The molecule has 1 aromatic rings. The van der Waals surface area contributed by atoms with Crippen molar-refractivity contribution in [3.8, 4) is 0 Å². The molecule has 1 atom stereocenters. The van der Waals surface area contributed by atoms with Crippen LogP contribution in [-0.4, -0.2) is 37.4 Å². The number of hydrogen-bond acceptors (Lipinski definition) is 2. The molecule has 4 nitrogen and oxygen atoms in total. The Balaban J connectivity index is 2.00. The maximum Gasteiger partial charge on any atom is 0.253 e. The summed E-state index contributed by atoms with van der Waals surface area (Å²) in [5.41, 5.74) is 1.38. The van der Waals surface area contributed by atoms with E-state index in [1.807, 2.05) is 7.05 Å². The van der Waals surface area contributed by atoms with Gasteiger partial charge in [0.2, 0.25) is 5.91 Å². The zero-order chi connectivity index (χ0) is 16.8. The van der Waals surface area contributed by atoms with Gasteiger partial charge in [-0.15, -0.1) is 0 Å². The molecule has 0 heterocycles. The van der Waals surface area contributed by atoms with Gasteiger partial charge in [-0.05, 0) is 55.5 Å². The largest absolute Gasteiger partial charge is 0.341 e. The van der Waals surface area contributed by atoms with Crippen molar-refractivity contribution >= 4 is 17.5 Å². The third-order valence-electron chi connectivity index (χ3n) is 4.26. The van der Waals surface area contributed by atoms with Crippen LogP contribution in [-0.2, 0) is 4.79 Å². The Hall–Kier alpha value is -2.36. The molecule has 1 aliphatic rings. The van der Waals surface area contributed by atoms with E-state index in [-0.39, 0.29) is 11.8 Å². The van der Waals surface area contributed by atoms with Crippen molar-refractivity contribution in [3.63, 3.8) is 0 Å². The second-order valence-corrected chi connectivity index (χ2v) is 5.98. The molecule has 1 unspecified atom stereocenters. The molecule has 23 heavy (non-hydrogen) atoms. The highest BCUT2D eigenvalue weighted by Crippen LogP contribution is 2.20. The first-order valence-corrected chi connectivity index (χ1v) is 7.93. The number of hydrogen-bond donors (Lipinski definition) is 0. The van der Waals surface area contributed by atoms with Gasteiger partial charge < -0.3 is 9.80 Å². The first-order valence-electron chi connectivity index (χ1n) is 7.93. The molecule has 0 spiro atoms. The first kappa shape index (κ1) is 17.0. The van der Waals surface area contributed by atoms with Crippen LogP contribution >= 0.6 is 0 Å². The number of likely N-dealkylation sites (N-methyl/N-ethyl adjacent to an activating group) is 1. The Bertz CT molecular complexity index is 604. The summed E-state index contributed by atoms with van der Waals surface area (Å²) in [7, 11) is 3.53. The predicted molar refractivity (Wildman–Crippen MR) is 93.5 cm³/mol. The summed E-state index contributed by atoms with van der Waals surface area (Å²) in [6.07, 6.45) is 8.97. The number of anilines is 1. The molecule has 1 aromatic carbocycles. The van der Waals surface area contributed by atoms with E-state index < -0.39 is 0 Å². The van der Waals surface area contributed by atoms with Gasteiger partial charge >= 0.3 is 0 Å². The molecule has 0 aromatic heterocycles. The van der Waals surface area contributed by atoms with E-state index in [0.717, 1.165) is 31.5 Å². The lowest BCUT2D eigenvalue weighted by Crippen LogP contribution is -2.32. The van der Waals surface area contributed by atoms with Crippen LogP contribution in [0, 0.1) is 5.92 Å². The molecule has 0 saturated heterocycles. The molecule has 122 valence electrons. The highest BCUT2D eigenvalue weighted by Gasteiger charge is 2.18. The van der Waals surface area contributed by atoms with Gasteiger partial charge in [0, 0.05) is 31.9 Å². The molecule has 4 heteroatoms. The van der Waals surface area contributed by atoms with E-state index in [4.69, 9.17) is 0 Å². The summed E-state index contributed by atoms with van der Waals surface area (Å²) < 4.78 is 0. The quantitative estimate of drug-likeness (QED) is 0.618. The minimum atomic E-state index is -0.174. The third kappa shape index (κ3) is 4.31. The molecular weight excluding hydrogens is 288 g/mol. The zero-order valence-electron chi connectivity index (χ0n) is 13.9. The fourth-order valence-corrected chi connectivity index (χ4v) is 2.80. The van der Waals surface area contributed by atoms with Crippen molar-refractivity contribution in [1.29, 1.82) is 0 Å². The standard InChI is InChI=1S/C19H24N2O2/c1-4-18(22)21(3)17-12-10-16(11-13-17)19(23)20(2)14-15-8-6-5-7-9-15/h4-6,10-13,15H,1,7-9,14H2,2-3H3. The molecule has 0 bridgehead atoms. The lowest BCUT2D eigenvalue weighted by Gasteiger charge is -2.25. The minimum Gasteiger partial charge on any atom is -0.341 e. The van der Waals surface area contributed by atoms with Crippen LogP contribution in [0.25, 0.3) is 0 Å². The average molecular weight is 312 g/mol. The summed E-state index contributed by atoms with van der Waals surface area (Å²) in [4.78, 5) is 27.4. The van der Waals surface area contributed by atoms with E-state index in [2.05, 4.69) is 18.7 Å². The highest BCUT2D eigenvalue weighted by molar-refractivity contribution is 6.01. The van der Waals surface area contributed by atoms with Crippen LogP contribution in [0.5, 0.6) is 0 Å². The monoisotopic (exact) mass is 312 g/mol. The Kier molecular flexibility index (Phi) is 5.74. The summed E-state index contributed by atoms with van der Waals surface area (Å²) in [5, 5.41) is 0. The van der Waals surface area contributed by atoms with Gasteiger partial charge in [0.25, 0.3) is 5.91 Å². The van der Waals surface area contributed by atoms with Gasteiger partial charge in [0.15, 0.2) is 0 Å². The number of amides is 2. The van der Waals surface area contributed by atoms with Crippen LogP contribution in [0.4, 0.5) is 5.69 Å². The van der Waals surface area contributed by atoms with Gasteiger partial charge in [-0.25, -0.2) is 0 Å². The lowest BCUT2D eigenvalue weighted by molar-refractivity contribution is -0.113. The fraction of sp³-hybridized carbons (Fsp3) is 0.368. The van der Waals surface area contributed by atoms with Crippen molar-refractivity contribution < 1.29 is 9.59 Å². The molecule has 0 fully saturated rings. The van der Waals surface area contributed by atoms with Gasteiger partial charge in [-0.1, -0.05) is 18.7 Å². The van der Waals surface area contributed by atoms with Gasteiger partial charge in [-0.3, -0.25) is 9.59 Å². The van der Waals surface area contributed by atoms with Crippen molar-refractivity contribution in [3.05, 3.63) is 54.6 Å². The summed E-state index contributed by atoms with van der Waals surface area (Å²) in [5.74, 6) is 0.389. The van der Waals surface area contributed by atoms with Crippen LogP contribution in [0.15, 0.2) is 49.1 Å². The van der Waals surface area contributed by atoms with Crippen molar-refractivity contribution in [2.75, 3.05) is 25.5 Å². The lowest BCUT2D eigenvalue weighted by atomic mass is 9.94. The van der Waals surface area contributed by atoms with Crippen molar-refractivity contribution in [1.82, 2.24) is 4.90 Å². The van der Waals surface area contributed by atoms with Crippen LogP contribution in [0.3, 0.4) is 0 Å². The number of carbonyl (C=O) groups excluding carboxylic acids is 2. The van der Waals surface area contributed by atoms with Crippen molar-refractivity contribution in [2.45, 2.75) is 19.3 Å². The Morgan fingerprint density at radius 3 is 2.48 bits per heavy atom. The predicted octanol–water partition coefficient (Wildman–Crippen LogP) is 3.26. The maximum absolute atomic E-state index is 12.5. The first-order chi connectivity index (χ1) is 11.0. The van der Waals surface area contributed by atoms with Crippen LogP contribution in [0.2, 0.25) is 0 Å².